The number of methoxy groups -OCH3 is 1. The summed E-state index contributed by atoms with van der Waals surface area (Å²) in [5.41, 5.74) is 2.26. The molecule has 3 heterocycles. The van der Waals surface area contributed by atoms with Gasteiger partial charge in [-0.15, -0.1) is 11.3 Å². The average Bonchev–Trinajstić information content (AvgIpc) is 3.62. The molecule has 2 unspecified atom stereocenters. The zero-order valence-corrected chi connectivity index (χ0v) is 22.4. The summed E-state index contributed by atoms with van der Waals surface area (Å²) in [7, 11) is 1.54. The number of aliphatic hydroxyl groups excluding tert-OH is 1. The van der Waals surface area contributed by atoms with E-state index in [0.717, 1.165) is 23.4 Å². The number of ether oxygens (including phenoxy) is 3. The predicted octanol–water partition coefficient (Wildman–Crippen LogP) is 5.10. The molecule has 2 aliphatic heterocycles. The topological polar surface area (TPSA) is 98.2 Å². The van der Waals surface area contributed by atoms with Crippen LogP contribution in [0.15, 0.2) is 59.9 Å². The van der Waals surface area contributed by atoms with Crippen molar-refractivity contribution in [2.24, 2.45) is 0 Å². The van der Waals surface area contributed by atoms with Crippen LogP contribution in [0.3, 0.4) is 0 Å². The summed E-state index contributed by atoms with van der Waals surface area (Å²) in [6, 6.07) is 14.3. The van der Waals surface area contributed by atoms with E-state index in [0.29, 0.717) is 40.8 Å². The number of aliphatic hydroxyl groups is 1. The number of carbonyl (C=O) groups is 2. The number of ketones is 1. The van der Waals surface area contributed by atoms with Crippen LogP contribution in [-0.4, -0.2) is 53.0 Å². The molecule has 198 valence electrons. The van der Waals surface area contributed by atoms with Crippen molar-refractivity contribution in [1.82, 2.24) is 9.88 Å². The molecule has 5 rings (SSSR count). The predicted molar refractivity (Wildman–Crippen MR) is 143 cm³/mol. The van der Waals surface area contributed by atoms with Crippen molar-refractivity contribution in [2.45, 2.75) is 45.4 Å². The molecular formula is C29H30N2O6S. The van der Waals surface area contributed by atoms with Crippen LogP contribution in [-0.2, 0) is 16.1 Å². The molecule has 8 nitrogen and oxygen atoms in total. The highest BCUT2D eigenvalue weighted by atomic mass is 32.1. The number of Topliss-reactive ketones (excluding diaryl/α,β-unsaturated/α-hetero) is 1. The second-order valence-electron chi connectivity index (χ2n) is 9.42. The van der Waals surface area contributed by atoms with Crippen LogP contribution in [0, 0.1) is 13.8 Å². The van der Waals surface area contributed by atoms with Gasteiger partial charge in [0, 0.05) is 13.2 Å². The molecule has 0 spiro atoms. The lowest BCUT2D eigenvalue weighted by Crippen LogP contribution is -2.37. The van der Waals surface area contributed by atoms with Crippen molar-refractivity contribution < 1.29 is 28.9 Å². The summed E-state index contributed by atoms with van der Waals surface area (Å²) in [4.78, 5) is 33.4. The van der Waals surface area contributed by atoms with Gasteiger partial charge in [0.05, 0.1) is 40.4 Å². The lowest BCUT2D eigenvalue weighted by molar-refractivity contribution is -0.131. The first-order chi connectivity index (χ1) is 18.4. The van der Waals surface area contributed by atoms with E-state index in [-0.39, 0.29) is 18.2 Å². The summed E-state index contributed by atoms with van der Waals surface area (Å²) in [5.74, 6) is -0.527. The first-order valence-corrected chi connectivity index (χ1v) is 13.4. The number of nitrogens with zero attached hydrogens (tertiary/aromatic N) is 2. The van der Waals surface area contributed by atoms with Gasteiger partial charge in [-0.05, 0) is 49.9 Å². The highest BCUT2D eigenvalue weighted by molar-refractivity contribution is 7.14. The minimum Gasteiger partial charge on any atom is -0.503 e. The van der Waals surface area contributed by atoms with Gasteiger partial charge in [-0.1, -0.05) is 36.4 Å². The van der Waals surface area contributed by atoms with E-state index < -0.39 is 23.5 Å². The number of benzene rings is 2. The molecule has 1 fully saturated rings. The van der Waals surface area contributed by atoms with Crippen LogP contribution >= 0.6 is 11.3 Å². The quantitative estimate of drug-likeness (QED) is 0.381. The van der Waals surface area contributed by atoms with Crippen LogP contribution in [0.1, 0.15) is 50.4 Å². The highest BCUT2D eigenvalue weighted by Crippen LogP contribution is 2.43. The molecule has 1 N–H and O–H groups in total. The number of amides is 1. The molecule has 9 heteroatoms. The summed E-state index contributed by atoms with van der Waals surface area (Å²) in [6.45, 7) is 4.83. The van der Waals surface area contributed by atoms with Crippen molar-refractivity contribution in [2.75, 3.05) is 20.3 Å². The number of hydrogen-bond donors (Lipinski definition) is 1. The van der Waals surface area contributed by atoms with E-state index >= 15 is 0 Å². The molecule has 2 aliphatic rings. The molecule has 0 bridgehead atoms. The minimum atomic E-state index is -0.807. The molecular weight excluding hydrogens is 504 g/mol. The fraction of sp³-hybridized carbons (Fsp3) is 0.345. The number of aryl methyl sites for hydroxylation is 2. The number of aromatic nitrogens is 1. The van der Waals surface area contributed by atoms with Gasteiger partial charge in [0.2, 0.25) is 5.78 Å². The second kappa shape index (κ2) is 11.0. The lowest BCUT2D eigenvalue weighted by atomic mass is 9.94. The monoisotopic (exact) mass is 534 g/mol. The number of hydrogen-bond acceptors (Lipinski definition) is 8. The maximum Gasteiger partial charge on any atom is 0.290 e. The summed E-state index contributed by atoms with van der Waals surface area (Å²) in [6.07, 6.45) is 1.55. The third-order valence-electron chi connectivity index (χ3n) is 6.82. The zero-order chi connectivity index (χ0) is 26.8. The third kappa shape index (κ3) is 5.04. The van der Waals surface area contributed by atoms with Gasteiger partial charge in [0.15, 0.2) is 17.3 Å². The molecule has 0 aliphatic carbocycles. The molecule has 1 amide bonds. The minimum absolute atomic E-state index is 0.0414. The fourth-order valence-electron chi connectivity index (χ4n) is 5.00. The first kappa shape index (κ1) is 25.9. The Hall–Kier alpha value is -3.69. The fourth-order valence-corrected chi connectivity index (χ4v) is 5.88. The van der Waals surface area contributed by atoms with Gasteiger partial charge in [-0.3, -0.25) is 9.59 Å². The Balaban J connectivity index is 1.51. The summed E-state index contributed by atoms with van der Waals surface area (Å²) >= 11 is 1.25. The molecule has 1 aromatic heterocycles. The van der Waals surface area contributed by atoms with E-state index in [9.17, 15) is 14.7 Å². The normalized spacial score (nSPS) is 19.3. The van der Waals surface area contributed by atoms with Crippen LogP contribution in [0.2, 0.25) is 0 Å². The van der Waals surface area contributed by atoms with Crippen LogP contribution in [0.5, 0.6) is 11.5 Å². The van der Waals surface area contributed by atoms with Crippen molar-refractivity contribution in [3.8, 4) is 11.5 Å². The number of carbonyl (C=O) groups excluding carboxylic acids is 2. The Bertz CT molecular complexity index is 1380. The van der Waals surface area contributed by atoms with E-state index in [1.165, 1.54) is 16.2 Å². The molecule has 2 aromatic carbocycles. The van der Waals surface area contributed by atoms with Gasteiger partial charge >= 0.3 is 0 Å². The molecule has 0 saturated carbocycles. The summed E-state index contributed by atoms with van der Waals surface area (Å²) < 4.78 is 17.4. The molecule has 2 atom stereocenters. The number of rotatable bonds is 9. The molecule has 0 radical (unpaired) electrons. The largest absolute Gasteiger partial charge is 0.503 e. The van der Waals surface area contributed by atoms with Crippen LogP contribution < -0.4 is 9.47 Å². The van der Waals surface area contributed by atoms with Crippen LogP contribution in [0.4, 0.5) is 0 Å². The van der Waals surface area contributed by atoms with Crippen molar-refractivity contribution >= 4 is 23.0 Å². The Labute approximate surface area is 225 Å². The van der Waals surface area contributed by atoms with Gasteiger partial charge in [0.25, 0.3) is 5.91 Å². The average molecular weight is 535 g/mol. The van der Waals surface area contributed by atoms with E-state index in [2.05, 4.69) is 4.98 Å². The van der Waals surface area contributed by atoms with Gasteiger partial charge in [-0.2, -0.15) is 0 Å². The third-order valence-corrected chi connectivity index (χ3v) is 7.89. The van der Waals surface area contributed by atoms with Gasteiger partial charge in [-0.25, -0.2) is 4.98 Å². The zero-order valence-electron chi connectivity index (χ0n) is 21.6. The molecule has 1 saturated heterocycles. The Morgan fingerprint density at radius 1 is 1.18 bits per heavy atom. The molecule has 38 heavy (non-hydrogen) atoms. The maximum absolute atomic E-state index is 13.8. The maximum atomic E-state index is 13.8. The van der Waals surface area contributed by atoms with Gasteiger partial charge < -0.3 is 24.2 Å². The van der Waals surface area contributed by atoms with Crippen molar-refractivity contribution in [3.63, 3.8) is 0 Å². The van der Waals surface area contributed by atoms with E-state index in [4.69, 9.17) is 14.2 Å². The van der Waals surface area contributed by atoms with E-state index in [1.807, 2.05) is 37.3 Å². The summed E-state index contributed by atoms with van der Waals surface area (Å²) in [5, 5.41) is 11.7. The van der Waals surface area contributed by atoms with E-state index in [1.54, 1.807) is 32.2 Å². The molecule has 3 aromatic rings. The Morgan fingerprint density at radius 2 is 1.97 bits per heavy atom. The highest BCUT2D eigenvalue weighted by Gasteiger charge is 2.45. The Kier molecular flexibility index (Phi) is 7.49. The second-order valence-corrected chi connectivity index (χ2v) is 10.6. The number of thiazole rings is 1. The first-order valence-electron chi connectivity index (χ1n) is 12.6. The van der Waals surface area contributed by atoms with Crippen LogP contribution in [0.25, 0.3) is 0 Å². The standard InChI is InChI=1S/C29H30N2O6S/c1-17-28(38-18(2)30-17)26(32)24-25(31(29(34)27(24)33)15-21-10-7-13-36-21)20-11-12-22(23(14-20)35-3)37-16-19-8-5-4-6-9-19/h4-6,8-9,11-12,14,21,25,33H,7,10,13,15-16H2,1-3H3. The Morgan fingerprint density at radius 3 is 2.63 bits per heavy atom. The lowest BCUT2D eigenvalue weighted by Gasteiger charge is -2.29. The SMILES string of the molecule is COc1cc(C2C(C(=O)c3sc(C)nc3C)=C(O)C(=O)N2CC2CCCO2)ccc1OCc1ccccc1. The van der Waals surface area contributed by atoms with Crippen molar-refractivity contribution in [3.05, 3.63) is 86.6 Å². The van der Waals surface area contributed by atoms with Gasteiger partial charge in [0.1, 0.15) is 6.61 Å². The smallest absolute Gasteiger partial charge is 0.290 e. The van der Waals surface area contributed by atoms with Crippen molar-refractivity contribution in [1.29, 1.82) is 0 Å².